The minimum absolute atomic E-state index is 0.0323. The van der Waals surface area contributed by atoms with Crippen molar-refractivity contribution in [1.82, 2.24) is 0 Å². The molecule has 5 heteroatoms. The van der Waals surface area contributed by atoms with Crippen LogP contribution in [0.4, 0.5) is 0 Å². The van der Waals surface area contributed by atoms with Crippen molar-refractivity contribution < 1.29 is 17.9 Å². The van der Waals surface area contributed by atoms with E-state index in [0.717, 1.165) is 35.5 Å². The molecule has 0 radical (unpaired) electrons. The minimum Gasteiger partial charge on any atom is -0.497 e. The van der Waals surface area contributed by atoms with Gasteiger partial charge in [0.2, 0.25) is 0 Å². The molecular weight excluding hydrogens is 312 g/mol. The average molecular weight is 332 g/mol. The van der Waals surface area contributed by atoms with Crippen molar-refractivity contribution in [2.24, 2.45) is 0 Å². The summed E-state index contributed by atoms with van der Waals surface area (Å²) in [5, 5.41) is 0. The van der Waals surface area contributed by atoms with E-state index in [-0.39, 0.29) is 11.5 Å². The first-order chi connectivity index (χ1) is 11.1. The predicted octanol–water partition coefficient (Wildman–Crippen LogP) is 2.88. The van der Waals surface area contributed by atoms with Crippen molar-refractivity contribution in [2.45, 2.75) is 24.5 Å². The van der Waals surface area contributed by atoms with Gasteiger partial charge in [0.25, 0.3) is 0 Å². The summed E-state index contributed by atoms with van der Waals surface area (Å²) >= 11 is 0. The van der Waals surface area contributed by atoms with Gasteiger partial charge in [0.05, 0.1) is 31.8 Å². The van der Waals surface area contributed by atoms with Crippen LogP contribution < -0.4 is 4.74 Å². The summed E-state index contributed by atoms with van der Waals surface area (Å²) in [4.78, 5) is 0. The third-order valence-electron chi connectivity index (χ3n) is 3.98. The summed E-state index contributed by atoms with van der Waals surface area (Å²) < 4.78 is 35.4. The standard InChI is InChI=1S/C18H20O4S/c1-21-18-6-3-14(4-7-18)12-23(19,20)13-15-2-5-16-8-9-22-11-17(16)10-15/h2-7,10H,8-9,11-13H2,1H3. The van der Waals surface area contributed by atoms with Crippen molar-refractivity contribution in [3.63, 3.8) is 0 Å². The Morgan fingerprint density at radius 1 is 1.00 bits per heavy atom. The zero-order valence-corrected chi connectivity index (χ0v) is 13.9. The Morgan fingerprint density at radius 3 is 2.43 bits per heavy atom. The van der Waals surface area contributed by atoms with E-state index in [2.05, 4.69) is 0 Å². The van der Waals surface area contributed by atoms with Crippen LogP contribution in [0.5, 0.6) is 5.75 Å². The molecule has 23 heavy (non-hydrogen) atoms. The van der Waals surface area contributed by atoms with E-state index < -0.39 is 9.84 Å². The molecule has 0 aliphatic carbocycles. The molecule has 1 heterocycles. The number of hydrogen-bond donors (Lipinski definition) is 0. The first kappa shape index (κ1) is 16.0. The lowest BCUT2D eigenvalue weighted by molar-refractivity contribution is 0.110. The summed E-state index contributed by atoms with van der Waals surface area (Å²) in [6.45, 7) is 1.31. The van der Waals surface area contributed by atoms with Crippen molar-refractivity contribution >= 4 is 9.84 Å². The van der Waals surface area contributed by atoms with Crippen LogP contribution in [0.25, 0.3) is 0 Å². The van der Waals surface area contributed by atoms with Gasteiger partial charge in [0.15, 0.2) is 9.84 Å². The molecule has 3 rings (SSSR count). The zero-order chi connectivity index (χ0) is 16.3. The number of sulfone groups is 1. The second kappa shape index (κ2) is 6.72. The van der Waals surface area contributed by atoms with Gasteiger partial charge in [-0.05, 0) is 40.8 Å². The molecule has 0 bridgehead atoms. The highest BCUT2D eigenvalue weighted by atomic mass is 32.2. The molecular formula is C18H20O4S. The van der Waals surface area contributed by atoms with Crippen LogP contribution >= 0.6 is 0 Å². The molecule has 2 aromatic rings. The summed E-state index contributed by atoms with van der Waals surface area (Å²) in [6.07, 6.45) is 0.897. The Hall–Kier alpha value is -1.85. The monoisotopic (exact) mass is 332 g/mol. The van der Waals surface area contributed by atoms with E-state index in [4.69, 9.17) is 9.47 Å². The summed E-state index contributed by atoms with van der Waals surface area (Å²) in [5.41, 5.74) is 3.95. The maximum atomic E-state index is 12.4. The van der Waals surface area contributed by atoms with Gasteiger partial charge in [-0.3, -0.25) is 0 Å². The Morgan fingerprint density at radius 2 is 1.70 bits per heavy atom. The summed E-state index contributed by atoms with van der Waals surface area (Å²) in [6, 6.07) is 13.0. The van der Waals surface area contributed by atoms with Gasteiger partial charge in [-0.2, -0.15) is 0 Å². The fraction of sp³-hybridized carbons (Fsp3) is 0.333. The SMILES string of the molecule is COc1ccc(CS(=O)(=O)Cc2ccc3c(c2)COCC3)cc1. The van der Waals surface area contributed by atoms with E-state index in [1.807, 2.05) is 18.2 Å². The largest absolute Gasteiger partial charge is 0.497 e. The molecule has 0 fully saturated rings. The van der Waals surface area contributed by atoms with Gasteiger partial charge in [-0.1, -0.05) is 30.3 Å². The molecule has 0 atom stereocenters. The lowest BCUT2D eigenvalue weighted by Crippen LogP contribution is -2.12. The number of ether oxygens (including phenoxy) is 2. The minimum atomic E-state index is -3.22. The second-order valence-electron chi connectivity index (χ2n) is 5.79. The molecule has 0 amide bonds. The first-order valence-corrected chi connectivity index (χ1v) is 9.40. The molecule has 0 spiro atoms. The maximum Gasteiger partial charge on any atom is 0.158 e. The van der Waals surface area contributed by atoms with Crippen LogP contribution in [0.3, 0.4) is 0 Å². The van der Waals surface area contributed by atoms with Gasteiger partial charge in [-0.25, -0.2) is 8.42 Å². The zero-order valence-electron chi connectivity index (χ0n) is 13.1. The molecule has 1 aliphatic heterocycles. The Kier molecular flexibility index (Phi) is 4.68. The smallest absolute Gasteiger partial charge is 0.158 e. The number of rotatable bonds is 5. The van der Waals surface area contributed by atoms with Crippen molar-refractivity contribution in [3.05, 3.63) is 64.7 Å². The highest BCUT2D eigenvalue weighted by molar-refractivity contribution is 7.89. The fourth-order valence-electron chi connectivity index (χ4n) is 2.79. The third kappa shape index (κ3) is 4.12. The van der Waals surface area contributed by atoms with Crippen LogP contribution in [-0.4, -0.2) is 22.1 Å². The highest BCUT2D eigenvalue weighted by Crippen LogP contribution is 2.21. The molecule has 0 saturated heterocycles. The number of benzene rings is 2. The van der Waals surface area contributed by atoms with Crippen LogP contribution in [-0.2, 0) is 39.1 Å². The normalized spacial score (nSPS) is 14.3. The summed E-state index contributed by atoms with van der Waals surface area (Å²) in [7, 11) is -1.63. The molecule has 1 aliphatic rings. The Balaban J connectivity index is 1.72. The fourth-order valence-corrected chi connectivity index (χ4v) is 4.28. The van der Waals surface area contributed by atoms with Gasteiger partial charge < -0.3 is 9.47 Å². The quantitative estimate of drug-likeness (QED) is 0.845. The maximum absolute atomic E-state index is 12.4. The molecule has 0 aromatic heterocycles. The van der Waals surface area contributed by atoms with E-state index in [9.17, 15) is 8.42 Å². The van der Waals surface area contributed by atoms with Crippen molar-refractivity contribution in [1.29, 1.82) is 0 Å². The number of hydrogen-bond acceptors (Lipinski definition) is 4. The van der Waals surface area contributed by atoms with Crippen LogP contribution in [0, 0.1) is 0 Å². The van der Waals surface area contributed by atoms with Crippen LogP contribution in [0.15, 0.2) is 42.5 Å². The van der Waals surface area contributed by atoms with Gasteiger partial charge in [-0.15, -0.1) is 0 Å². The number of fused-ring (bicyclic) bond motifs is 1. The van der Waals surface area contributed by atoms with E-state index in [1.54, 1.807) is 31.4 Å². The van der Waals surface area contributed by atoms with Crippen molar-refractivity contribution in [3.8, 4) is 5.75 Å². The molecule has 0 unspecified atom stereocenters. The third-order valence-corrected chi connectivity index (χ3v) is 5.52. The molecule has 4 nitrogen and oxygen atoms in total. The molecule has 0 N–H and O–H groups in total. The van der Waals surface area contributed by atoms with Crippen LogP contribution in [0.1, 0.15) is 22.3 Å². The van der Waals surface area contributed by atoms with Crippen LogP contribution in [0.2, 0.25) is 0 Å². The summed E-state index contributed by atoms with van der Waals surface area (Å²) in [5.74, 6) is 0.803. The molecule has 122 valence electrons. The predicted molar refractivity (Wildman–Crippen MR) is 89.1 cm³/mol. The lowest BCUT2D eigenvalue weighted by atomic mass is 10.0. The average Bonchev–Trinajstić information content (AvgIpc) is 2.54. The molecule has 2 aromatic carbocycles. The lowest BCUT2D eigenvalue weighted by Gasteiger charge is -2.17. The Bertz CT molecular complexity index is 779. The first-order valence-electron chi connectivity index (χ1n) is 7.57. The highest BCUT2D eigenvalue weighted by Gasteiger charge is 2.16. The van der Waals surface area contributed by atoms with E-state index >= 15 is 0 Å². The van der Waals surface area contributed by atoms with E-state index in [1.165, 1.54) is 5.56 Å². The van der Waals surface area contributed by atoms with Gasteiger partial charge in [0, 0.05) is 0 Å². The Labute approximate surface area is 137 Å². The topological polar surface area (TPSA) is 52.6 Å². The van der Waals surface area contributed by atoms with Gasteiger partial charge >= 0.3 is 0 Å². The van der Waals surface area contributed by atoms with E-state index in [0.29, 0.717) is 6.61 Å². The number of methoxy groups -OCH3 is 1. The molecule has 0 saturated carbocycles. The van der Waals surface area contributed by atoms with Crippen molar-refractivity contribution in [2.75, 3.05) is 13.7 Å². The second-order valence-corrected chi connectivity index (χ2v) is 7.85. The van der Waals surface area contributed by atoms with Gasteiger partial charge in [0.1, 0.15) is 5.75 Å².